The van der Waals surface area contributed by atoms with Crippen LogP contribution in [0.1, 0.15) is 58.8 Å². The average Bonchev–Trinajstić information content (AvgIpc) is 2.50. The van der Waals surface area contributed by atoms with E-state index in [1.807, 2.05) is 6.92 Å². The third-order valence-electron chi connectivity index (χ3n) is 3.83. The smallest absolute Gasteiger partial charge is 0.264 e. The number of nitrogens with one attached hydrogen (secondary N) is 1. The zero-order chi connectivity index (χ0) is 12.3. The van der Waals surface area contributed by atoms with E-state index in [1.54, 1.807) is 11.8 Å². The van der Waals surface area contributed by atoms with Crippen molar-refractivity contribution in [1.29, 1.82) is 0 Å². The topological polar surface area (TPSA) is 41.5 Å². The van der Waals surface area contributed by atoms with E-state index in [9.17, 15) is 4.79 Å². The summed E-state index contributed by atoms with van der Waals surface area (Å²) in [4.78, 5) is 16.0. The Balaban J connectivity index is 1.92. The lowest BCUT2D eigenvalue weighted by Gasteiger charge is -2.20. The molecule has 0 aromatic heterocycles. The predicted molar refractivity (Wildman–Crippen MR) is 73.4 cm³/mol. The number of thioether (sulfide) groups is 1. The van der Waals surface area contributed by atoms with Crippen molar-refractivity contribution in [2.45, 2.75) is 69.6 Å². The third kappa shape index (κ3) is 3.03. The van der Waals surface area contributed by atoms with Crippen LogP contribution in [0.25, 0.3) is 0 Å². The molecular formula is C13H22N2OS. The highest BCUT2D eigenvalue weighted by Crippen LogP contribution is 2.36. The lowest BCUT2D eigenvalue weighted by Crippen LogP contribution is -2.33. The van der Waals surface area contributed by atoms with Crippen LogP contribution in [0.4, 0.5) is 0 Å². The summed E-state index contributed by atoms with van der Waals surface area (Å²) >= 11 is 1.61. The molecule has 1 atom stereocenters. The molecule has 3 nitrogen and oxygen atoms in total. The Labute approximate surface area is 108 Å². The molecule has 4 heteroatoms. The van der Waals surface area contributed by atoms with Gasteiger partial charge in [-0.1, -0.05) is 44.4 Å². The molecule has 0 radical (unpaired) electrons. The molecule has 2 rings (SSSR count). The molecule has 0 spiro atoms. The molecule has 1 saturated carbocycles. The molecule has 17 heavy (non-hydrogen) atoms. The number of hydrogen-bond acceptors (Lipinski definition) is 3. The summed E-state index contributed by atoms with van der Waals surface area (Å²) in [6.07, 6.45) is 8.58. The SMILES string of the molecule is CC[C@@]1(C)SC(NC2CCCCCC2)=NC1=O. The summed E-state index contributed by atoms with van der Waals surface area (Å²) in [5, 5.41) is 4.32. The number of amidine groups is 1. The largest absolute Gasteiger partial charge is 0.362 e. The molecule has 1 aliphatic carbocycles. The standard InChI is InChI=1S/C13H22N2OS/c1-3-13(2)11(16)15-12(17-13)14-10-8-6-4-5-7-9-10/h10H,3-9H2,1-2H3,(H,14,15,16)/t13-/m1/s1. The second kappa shape index (κ2) is 5.42. The van der Waals surface area contributed by atoms with Gasteiger partial charge in [0.2, 0.25) is 0 Å². The highest BCUT2D eigenvalue weighted by molar-refractivity contribution is 8.16. The van der Waals surface area contributed by atoms with Gasteiger partial charge in [0.15, 0.2) is 5.17 Å². The molecule has 1 fully saturated rings. The van der Waals surface area contributed by atoms with Crippen molar-refractivity contribution >= 4 is 22.8 Å². The van der Waals surface area contributed by atoms with Crippen molar-refractivity contribution in [2.24, 2.45) is 4.99 Å². The zero-order valence-corrected chi connectivity index (χ0v) is 11.6. The van der Waals surface area contributed by atoms with Gasteiger partial charge in [-0.15, -0.1) is 0 Å². The molecule has 2 aliphatic rings. The lowest BCUT2D eigenvalue weighted by atomic mass is 10.1. The maximum Gasteiger partial charge on any atom is 0.264 e. The molecule has 0 saturated heterocycles. The fraction of sp³-hybridized carbons (Fsp3) is 0.846. The van der Waals surface area contributed by atoms with Gasteiger partial charge in [0, 0.05) is 6.04 Å². The molecule has 0 aromatic carbocycles. The van der Waals surface area contributed by atoms with E-state index in [0.29, 0.717) is 6.04 Å². The maximum atomic E-state index is 11.8. The van der Waals surface area contributed by atoms with Gasteiger partial charge in [-0.2, -0.15) is 4.99 Å². The minimum Gasteiger partial charge on any atom is -0.362 e. The van der Waals surface area contributed by atoms with Crippen molar-refractivity contribution in [3.05, 3.63) is 0 Å². The van der Waals surface area contributed by atoms with Crippen LogP contribution in [0.2, 0.25) is 0 Å². The second-order valence-electron chi connectivity index (χ2n) is 5.24. The molecular weight excluding hydrogens is 232 g/mol. The van der Waals surface area contributed by atoms with Gasteiger partial charge in [0.05, 0.1) is 0 Å². The van der Waals surface area contributed by atoms with Crippen molar-refractivity contribution < 1.29 is 4.79 Å². The van der Waals surface area contributed by atoms with E-state index in [-0.39, 0.29) is 10.7 Å². The van der Waals surface area contributed by atoms with E-state index >= 15 is 0 Å². The van der Waals surface area contributed by atoms with Gasteiger partial charge in [-0.3, -0.25) is 4.79 Å². The second-order valence-corrected chi connectivity index (χ2v) is 6.73. The zero-order valence-electron chi connectivity index (χ0n) is 10.8. The number of hydrogen-bond donors (Lipinski definition) is 1. The Hall–Kier alpha value is -0.510. The van der Waals surface area contributed by atoms with Gasteiger partial charge >= 0.3 is 0 Å². The van der Waals surface area contributed by atoms with Crippen LogP contribution in [-0.2, 0) is 4.79 Å². The molecule has 1 amide bonds. The first-order valence-electron chi connectivity index (χ1n) is 6.73. The number of aliphatic imine (C=N–C) groups is 1. The lowest BCUT2D eigenvalue weighted by molar-refractivity contribution is -0.119. The summed E-state index contributed by atoms with van der Waals surface area (Å²) in [5.74, 6) is 0.0288. The van der Waals surface area contributed by atoms with Gasteiger partial charge in [0.25, 0.3) is 5.91 Å². The van der Waals surface area contributed by atoms with E-state index in [0.717, 1.165) is 11.6 Å². The first-order chi connectivity index (χ1) is 8.14. The van der Waals surface area contributed by atoms with E-state index < -0.39 is 0 Å². The highest BCUT2D eigenvalue weighted by Gasteiger charge is 2.39. The van der Waals surface area contributed by atoms with Crippen LogP contribution in [0.5, 0.6) is 0 Å². The number of rotatable bonds is 2. The number of carbonyl (C=O) groups is 1. The third-order valence-corrected chi connectivity index (χ3v) is 5.15. The van der Waals surface area contributed by atoms with E-state index in [1.165, 1.54) is 38.5 Å². The van der Waals surface area contributed by atoms with Crippen LogP contribution in [-0.4, -0.2) is 21.9 Å². The van der Waals surface area contributed by atoms with Crippen LogP contribution in [0.3, 0.4) is 0 Å². The Morgan fingerprint density at radius 1 is 1.35 bits per heavy atom. The number of carbonyl (C=O) groups excluding carboxylic acids is 1. The first kappa shape index (κ1) is 12.9. The molecule has 0 aromatic rings. The van der Waals surface area contributed by atoms with Crippen molar-refractivity contribution in [1.82, 2.24) is 5.32 Å². The Morgan fingerprint density at radius 2 is 2.00 bits per heavy atom. The highest BCUT2D eigenvalue weighted by atomic mass is 32.2. The summed E-state index contributed by atoms with van der Waals surface area (Å²) in [6.45, 7) is 4.04. The van der Waals surface area contributed by atoms with Gasteiger partial charge in [-0.25, -0.2) is 0 Å². The van der Waals surface area contributed by atoms with E-state index in [2.05, 4.69) is 17.2 Å². The molecule has 1 heterocycles. The monoisotopic (exact) mass is 254 g/mol. The van der Waals surface area contributed by atoms with Crippen LogP contribution in [0, 0.1) is 0 Å². The van der Waals surface area contributed by atoms with Gasteiger partial charge < -0.3 is 5.32 Å². The number of amides is 1. The van der Waals surface area contributed by atoms with Crippen LogP contribution < -0.4 is 5.32 Å². The maximum absolute atomic E-state index is 11.8. The van der Waals surface area contributed by atoms with Crippen LogP contribution in [0.15, 0.2) is 4.99 Å². The fourth-order valence-corrected chi connectivity index (χ4v) is 3.43. The predicted octanol–water partition coefficient (Wildman–Crippen LogP) is 3.10. The Bertz CT molecular complexity index is 321. The summed E-state index contributed by atoms with van der Waals surface area (Å²) < 4.78 is -0.326. The van der Waals surface area contributed by atoms with Crippen molar-refractivity contribution in [3.63, 3.8) is 0 Å². The molecule has 96 valence electrons. The van der Waals surface area contributed by atoms with Crippen LogP contribution >= 0.6 is 11.8 Å². The summed E-state index contributed by atoms with van der Waals surface area (Å²) in [6, 6.07) is 0.524. The summed E-state index contributed by atoms with van der Waals surface area (Å²) in [5.41, 5.74) is 0. The molecule has 1 aliphatic heterocycles. The quantitative estimate of drug-likeness (QED) is 0.770. The van der Waals surface area contributed by atoms with Gasteiger partial charge in [-0.05, 0) is 26.2 Å². The Kier molecular flexibility index (Phi) is 4.13. The number of nitrogens with zero attached hydrogens (tertiary/aromatic N) is 1. The average molecular weight is 254 g/mol. The van der Waals surface area contributed by atoms with Crippen molar-refractivity contribution in [3.8, 4) is 0 Å². The van der Waals surface area contributed by atoms with Crippen molar-refractivity contribution in [2.75, 3.05) is 0 Å². The van der Waals surface area contributed by atoms with Gasteiger partial charge in [0.1, 0.15) is 4.75 Å². The molecule has 0 bridgehead atoms. The fourth-order valence-electron chi connectivity index (χ4n) is 2.37. The first-order valence-corrected chi connectivity index (χ1v) is 7.54. The minimum atomic E-state index is -0.326. The van der Waals surface area contributed by atoms with E-state index in [4.69, 9.17) is 0 Å². The summed E-state index contributed by atoms with van der Waals surface area (Å²) in [7, 11) is 0. The Morgan fingerprint density at radius 3 is 2.53 bits per heavy atom. The normalized spacial score (nSPS) is 31.2. The minimum absolute atomic E-state index is 0.0288. The molecule has 1 N–H and O–H groups in total. The molecule has 0 unspecified atom stereocenters.